The average Bonchev–Trinajstić information content (AvgIpc) is 3.21. The van der Waals surface area contributed by atoms with E-state index in [1.54, 1.807) is 12.2 Å². The van der Waals surface area contributed by atoms with Crippen molar-refractivity contribution in [2.24, 2.45) is 11.8 Å². The first kappa shape index (κ1) is 14.0. The summed E-state index contributed by atoms with van der Waals surface area (Å²) in [7, 11) is 0. The fraction of sp³-hybridized carbons (Fsp3) is 0.333. The molecule has 4 rings (SSSR count). The van der Waals surface area contributed by atoms with Crippen molar-refractivity contribution in [3.05, 3.63) is 52.1 Å². The van der Waals surface area contributed by atoms with Gasteiger partial charge in [0.2, 0.25) is 0 Å². The van der Waals surface area contributed by atoms with Gasteiger partial charge in [-0.3, -0.25) is 24.5 Å². The molecule has 2 bridgehead atoms. The van der Waals surface area contributed by atoms with Crippen molar-refractivity contribution in [3.8, 4) is 0 Å². The van der Waals surface area contributed by atoms with Crippen LogP contribution in [0.15, 0.2) is 36.4 Å². The zero-order valence-corrected chi connectivity index (χ0v) is 11.8. The van der Waals surface area contributed by atoms with Crippen LogP contribution in [-0.2, 0) is 25.8 Å². The van der Waals surface area contributed by atoms with E-state index in [-0.39, 0.29) is 24.5 Å². The number of non-ortho nitro benzene ring substituents is 1. The number of imide groups is 1. The van der Waals surface area contributed by atoms with Gasteiger partial charge in [0.05, 0.1) is 29.0 Å². The van der Waals surface area contributed by atoms with E-state index < -0.39 is 28.6 Å². The molecule has 1 aromatic rings. The number of nitro benzene ring substituents is 1. The molecule has 8 heteroatoms. The lowest BCUT2D eigenvalue weighted by Gasteiger charge is -2.16. The molecule has 2 amide bonds. The number of rotatable bonds is 4. The normalized spacial score (nSPS) is 31.0. The first-order chi connectivity index (χ1) is 11.1. The molecule has 118 valence electrons. The number of benzene rings is 1. The van der Waals surface area contributed by atoms with Gasteiger partial charge in [0.1, 0.15) is 6.61 Å². The van der Waals surface area contributed by atoms with Gasteiger partial charge >= 0.3 is 0 Å². The SMILES string of the molecule is O=C1[C@@H]2[C@@H](C(=O)N1OCc1ccc([N+](=O)[O-])cc1)[C@H]1C=C[C@@H]2O1. The smallest absolute Gasteiger partial charge is 0.269 e. The maximum absolute atomic E-state index is 12.3. The minimum absolute atomic E-state index is 0.0153. The molecule has 1 aromatic carbocycles. The fourth-order valence-electron chi connectivity index (χ4n) is 3.26. The fourth-order valence-corrected chi connectivity index (χ4v) is 3.26. The Balaban J connectivity index is 1.45. The Morgan fingerprint density at radius 2 is 1.65 bits per heavy atom. The van der Waals surface area contributed by atoms with Crippen LogP contribution in [0.4, 0.5) is 5.69 Å². The third-order valence-electron chi connectivity index (χ3n) is 4.38. The van der Waals surface area contributed by atoms with Gasteiger partial charge in [-0.2, -0.15) is 5.06 Å². The van der Waals surface area contributed by atoms with Crippen molar-refractivity contribution < 1.29 is 24.1 Å². The lowest BCUT2D eigenvalue weighted by molar-refractivity contribution is -0.384. The second-order valence-electron chi connectivity index (χ2n) is 5.67. The Kier molecular flexibility index (Phi) is 3.03. The highest BCUT2D eigenvalue weighted by Gasteiger charge is 2.61. The number of fused-ring (bicyclic) bond motifs is 5. The molecule has 0 saturated carbocycles. The third kappa shape index (κ3) is 2.07. The van der Waals surface area contributed by atoms with Crippen LogP contribution in [0.5, 0.6) is 0 Å². The summed E-state index contributed by atoms with van der Waals surface area (Å²) in [6.45, 7) is -0.0153. The van der Waals surface area contributed by atoms with Crippen molar-refractivity contribution in [3.63, 3.8) is 0 Å². The lowest BCUT2D eigenvalue weighted by atomic mass is 9.85. The second-order valence-corrected chi connectivity index (χ2v) is 5.67. The molecule has 0 radical (unpaired) electrons. The van der Waals surface area contributed by atoms with Crippen molar-refractivity contribution in [1.82, 2.24) is 5.06 Å². The molecule has 2 fully saturated rings. The maximum atomic E-state index is 12.3. The van der Waals surface area contributed by atoms with Gasteiger partial charge in [0.25, 0.3) is 17.5 Å². The van der Waals surface area contributed by atoms with Crippen molar-refractivity contribution in [1.29, 1.82) is 0 Å². The highest BCUT2D eigenvalue weighted by molar-refractivity contribution is 6.05. The van der Waals surface area contributed by atoms with Gasteiger partial charge in [-0.25, -0.2) is 0 Å². The highest BCUT2D eigenvalue weighted by atomic mass is 16.7. The molecule has 23 heavy (non-hydrogen) atoms. The van der Waals surface area contributed by atoms with Gasteiger partial charge in [-0.15, -0.1) is 0 Å². The van der Waals surface area contributed by atoms with Crippen LogP contribution in [-0.4, -0.2) is 34.0 Å². The summed E-state index contributed by atoms with van der Waals surface area (Å²) in [5.41, 5.74) is 0.599. The maximum Gasteiger partial charge on any atom is 0.269 e. The van der Waals surface area contributed by atoms with Crippen LogP contribution in [0.3, 0.4) is 0 Å². The van der Waals surface area contributed by atoms with Gasteiger partial charge in [-0.1, -0.05) is 12.2 Å². The molecule has 8 nitrogen and oxygen atoms in total. The molecular weight excluding hydrogens is 304 g/mol. The number of ether oxygens (including phenoxy) is 1. The molecule has 4 atom stereocenters. The van der Waals surface area contributed by atoms with E-state index >= 15 is 0 Å². The van der Waals surface area contributed by atoms with E-state index in [0.717, 1.165) is 5.06 Å². The summed E-state index contributed by atoms with van der Waals surface area (Å²) in [4.78, 5) is 40.1. The first-order valence-corrected chi connectivity index (χ1v) is 7.14. The lowest BCUT2D eigenvalue weighted by Crippen LogP contribution is -2.34. The largest absolute Gasteiger partial charge is 0.365 e. The van der Waals surface area contributed by atoms with Crippen molar-refractivity contribution in [2.45, 2.75) is 18.8 Å². The first-order valence-electron chi connectivity index (χ1n) is 7.14. The summed E-state index contributed by atoms with van der Waals surface area (Å²) in [6.07, 6.45) is 2.90. The predicted octanol–water partition coefficient (Wildman–Crippen LogP) is 0.965. The van der Waals surface area contributed by atoms with Gasteiger partial charge < -0.3 is 4.74 Å². The Bertz CT molecular complexity index is 698. The number of hydrogen-bond donors (Lipinski definition) is 0. The molecule has 3 heterocycles. The Morgan fingerprint density at radius 1 is 1.09 bits per heavy atom. The number of nitrogens with zero attached hydrogens (tertiary/aromatic N) is 2. The average molecular weight is 316 g/mol. The van der Waals surface area contributed by atoms with E-state index in [1.165, 1.54) is 24.3 Å². The summed E-state index contributed by atoms with van der Waals surface area (Å²) in [5.74, 6) is -1.79. The third-order valence-corrected chi connectivity index (χ3v) is 4.38. The molecule has 0 N–H and O–H groups in total. The minimum Gasteiger partial charge on any atom is -0.365 e. The molecule has 2 saturated heterocycles. The van der Waals surface area contributed by atoms with Crippen LogP contribution in [0, 0.1) is 22.0 Å². The zero-order valence-electron chi connectivity index (χ0n) is 11.8. The number of nitro groups is 1. The summed E-state index contributed by atoms with van der Waals surface area (Å²) < 4.78 is 5.53. The van der Waals surface area contributed by atoms with Crippen LogP contribution in [0.2, 0.25) is 0 Å². The molecule has 3 aliphatic rings. The Morgan fingerprint density at radius 3 is 2.17 bits per heavy atom. The van der Waals surface area contributed by atoms with Gasteiger partial charge in [-0.05, 0) is 17.7 Å². The summed E-state index contributed by atoms with van der Waals surface area (Å²) >= 11 is 0. The quantitative estimate of drug-likeness (QED) is 0.355. The highest BCUT2D eigenvalue weighted by Crippen LogP contribution is 2.45. The summed E-state index contributed by atoms with van der Waals surface area (Å²) in [5, 5.41) is 11.4. The number of amides is 2. The predicted molar refractivity (Wildman–Crippen MR) is 74.5 cm³/mol. The Hall–Kier alpha value is -2.58. The van der Waals surface area contributed by atoms with E-state index in [2.05, 4.69) is 0 Å². The second kappa shape index (κ2) is 4.97. The molecule has 0 aromatic heterocycles. The minimum atomic E-state index is -0.505. The number of carbonyl (C=O) groups excluding carboxylic acids is 2. The molecular formula is C15H12N2O6. The van der Waals surface area contributed by atoms with Crippen molar-refractivity contribution in [2.75, 3.05) is 0 Å². The molecule has 0 aliphatic carbocycles. The van der Waals surface area contributed by atoms with E-state index in [9.17, 15) is 19.7 Å². The van der Waals surface area contributed by atoms with Crippen LogP contribution in [0.1, 0.15) is 5.56 Å². The molecule has 0 unspecified atom stereocenters. The molecule has 0 spiro atoms. The zero-order chi connectivity index (χ0) is 16.1. The summed E-state index contributed by atoms with van der Waals surface area (Å²) in [6, 6.07) is 5.74. The monoisotopic (exact) mass is 316 g/mol. The van der Waals surface area contributed by atoms with E-state index in [1.807, 2.05) is 0 Å². The number of carbonyl (C=O) groups is 2. The van der Waals surface area contributed by atoms with Crippen LogP contribution >= 0.6 is 0 Å². The topological polar surface area (TPSA) is 99.0 Å². The van der Waals surface area contributed by atoms with Gasteiger partial charge in [0.15, 0.2) is 0 Å². The van der Waals surface area contributed by atoms with Crippen LogP contribution < -0.4 is 0 Å². The number of hydroxylamine groups is 2. The number of hydrogen-bond acceptors (Lipinski definition) is 6. The van der Waals surface area contributed by atoms with Crippen LogP contribution in [0.25, 0.3) is 0 Å². The van der Waals surface area contributed by atoms with E-state index in [4.69, 9.17) is 9.57 Å². The van der Waals surface area contributed by atoms with E-state index in [0.29, 0.717) is 5.56 Å². The van der Waals surface area contributed by atoms with Crippen molar-refractivity contribution >= 4 is 17.5 Å². The standard InChI is InChI=1S/C15H12N2O6/c18-14-12-10-5-6-11(23-10)13(12)15(19)16(14)22-7-8-1-3-9(4-2-8)17(20)21/h1-6,10-13H,7H2/t10-,11+,12-,13-/m0/s1. The Labute approximate surface area is 130 Å². The van der Waals surface area contributed by atoms with Gasteiger partial charge in [0, 0.05) is 12.1 Å². The molecule has 3 aliphatic heterocycles.